The lowest BCUT2D eigenvalue weighted by Crippen LogP contribution is -2.41. The number of likely N-dealkylation sites (N-methyl/N-ethyl adjacent to an activating group) is 1. The van der Waals surface area contributed by atoms with Crippen molar-refractivity contribution in [2.45, 2.75) is 32.1 Å². The molecule has 0 amide bonds. The van der Waals surface area contributed by atoms with E-state index in [1.807, 2.05) is 18.2 Å². The lowest BCUT2D eigenvalue weighted by atomic mass is 9.89. The van der Waals surface area contributed by atoms with Crippen molar-refractivity contribution in [3.63, 3.8) is 0 Å². The van der Waals surface area contributed by atoms with Crippen LogP contribution < -0.4 is 10.6 Å². The van der Waals surface area contributed by atoms with E-state index in [1.165, 1.54) is 28.7 Å². The van der Waals surface area contributed by atoms with E-state index in [1.54, 1.807) is 25.1 Å². The second-order valence-corrected chi connectivity index (χ2v) is 11.6. The zero-order valence-electron chi connectivity index (χ0n) is 25.2. The van der Waals surface area contributed by atoms with Gasteiger partial charge in [0, 0.05) is 23.4 Å². The van der Waals surface area contributed by atoms with Crippen LogP contribution in [-0.4, -0.2) is 53.0 Å². The molecular formula is C33H32F3N6O3+. The number of carbonyl (C=O) groups is 1. The van der Waals surface area contributed by atoms with Gasteiger partial charge in [-0.15, -0.1) is 5.10 Å². The molecule has 1 unspecified atom stereocenters. The summed E-state index contributed by atoms with van der Waals surface area (Å²) in [6.07, 6.45) is -4.12. The second kappa shape index (κ2) is 12.1. The number of H-pyrrole nitrogens is 1. The lowest BCUT2D eigenvalue weighted by Gasteiger charge is -2.36. The van der Waals surface area contributed by atoms with Crippen LogP contribution in [0.15, 0.2) is 88.9 Å². The number of allylic oxidation sites excluding steroid dienone is 1. The first kappa shape index (κ1) is 31.3. The van der Waals surface area contributed by atoms with Crippen LogP contribution in [0.2, 0.25) is 0 Å². The average molecular weight is 618 g/mol. The zero-order chi connectivity index (χ0) is 32.5. The van der Waals surface area contributed by atoms with Gasteiger partial charge in [-0.1, -0.05) is 42.5 Å². The van der Waals surface area contributed by atoms with Crippen LogP contribution in [0.5, 0.6) is 0 Å². The molecule has 1 atom stereocenters. The first-order valence-electron chi connectivity index (χ1n) is 14.2. The molecule has 9 nitrogen and oxygen atoms in total. The molecule has 45 heavy (non-hydrogen) atoms. The number of esters is 1. The van der Waals surface area contributed by atoms with Gasteiger partial charge in [-0.3, -0.25) is 4.90 Å². The van der Waals surface area contributed by atoms with E-state index in [4.69, 9.17) is 4.74 Å². The first-order chi connectivity index (χ1) is 21.3. The Balaban J connectivity index is 1.65. The summed E-state index contributed by atoms with van der Waals surface area (Å²) in [6.45, 7) is 2.98. The number of rotatable bonds is 8. The van der Waals surface area contributed by atoms with E-state index in [2.05, 4.69) is 42.5 Å². The maximum Gasteiger partial charge on any atom is 0.416 e. The minimum Gasteiger partial charge on any atom is -0.466 e. The molecule has 0 fully saturated rings. The van der Waals surface area contributed by atoms with Crippen LogP contribution in [0.25, 0.3) is 0 Å². The van der Waals surface area contributed by atoms with E-state index in [0.29, 0.717) is 28.6 Å². The third-order valence-corrected chi connectivity index (χ3v) is 7.99. The number of methoxy groups -OCH3 is 1. The fraction of sp³-hybridized carbons (Fsp3) is 0.273. The van der Waals surface area contributed by atoms with E-state index in [9.17, 15) is 28.0 Å². The molecule has 0 aliphatic carbocycles. The molecule has 1 aromatic heterocycles. The Morgan fingerprint density at radius 3 is 2.49 bits per heavy atom. The van der Waals surface area contributed by atoms with E-state index < -0.39 is 29.4 Å². The minimum absolute atomic E-state index is 0.00461. The van der Waals surface area contributed by atoms with Gasteiger partial charge in [0.15, 0.2) is 0 Å². The summed E-state index contributed by atoms with van der Waals surface area (Å²) < 4.78 is 48.0. The largest absolute Gasteiger partial charge is 0.466 e. The normalized spacial score (nSPS) is 15.1. The van der Waals surface area contributed by atoms with Gasteiger partial charge in [0.1, 0.15) is 12.6 Å². The molecule has 1 aliphatic heterocycles. The molecule has 2 heterocycles. The van der Waals surface area contributed by atoms with Gasteiger partial charge in [-0.05, 0) is 48.4 Å². The number of benzene rings is 3. The number of hydrogen-bond donors (Lipinski definition) is 1. The van der Waals surface area contributed by atoms with Crippen LogP contribution in [-0.2, 0) is 28.7 Å². The summed E-state index contributed by atoms with van der Waals surface area (Å²) >= 11 is 0. The number of nitriles is 1. The Hall–Kier alpha value is -5.15. The number of nitrogens with one attached hydrogen (secondary N) is 1. The van der Waals surface area contributed by atoms with E-state index in [-0.39, 0.29) is 22.9 Å². The van der Waals surface area contributed by atoms with Gasteiger partial charge >= 0.3 is 17.8 Å². The summed E-state index contributed by atoms with van der Waals surface area (Å²) in [6, 6.07) is 20.8. The topological polar surface area (TPSA) is 104 Å². The molecule has 3 aromatic carbocycles. The van der Waals surface area contributed by atoms with Crippen molar-refractivity contribution in [1.29, 1.82) is 5.26 Å². The number of aromatic nitrogens is 3. The molecule has 1 N–H and O–H groups in total. The highest BCUT2D eigenvalue weighted by Gasteiger charge is 2.41. The Morgan fingerprint density at radius 1 is 1.09 bits per heavy atom. The van der Waals surface area contributed by atoms with Crippen molar-refractivity contribution in [3.8, 4) is 6.07 Å². The molecule has 0 saturated carbocycles. The quantitative estimate of drug-likeness (QED) is 0.208. The van der Waals surface area contributed by atoms with Crippen molar-refractivity contribution < 1.29 is 27.2 Å². The Labute approximate surface area is 258 Å². The summed E-state index contributed by atoms with van der Waals surface area (Å²) in [5, 5.41) is 16.3. The molecule has 0 radical (unpaired) electrons. The highest BCUT2D eigenvalue weighted by atomic mass is 19.4. The number of halogens is 3. The molecular weight excluding hydrogens is 585 g/mol. The van der Waals surface area contributed by atoms with Gasteiger partial charge in [0.25, 0.3) is 0 Å². The number of carbonyl (C=O) groups excluding carboxylic acids is 1. The number of aromatic amines is 1. The van der Waals surface area contributed by atoms with Crippen LogP contribution in [0.4, 0.5) is 24.8 Å². The first-order valence-corrected chi connectivity index (χ1v) is 14.2. The van der Waals surface area contributed by atoms with E-state index in [0.717, 1.165) is 29.8 Å². The zero-order valence-corrected chi connectivity index (χ0v) is 25.2. The van der Waals surface area contributed by atoms with Crippen LogP contribution in [0.3, 0.4) is 0 Å². The number of nitrogens with zero attached hydrogens (tertiary/aromatic N) is 5. The smallest absolute Gasteiger partial charge is 0.416 e. The molecule has 1 aliphatic rings. The molecule has 0 bridgehead atoms. The molecule has 232 valence electrons. The van der Waals surface area contributed by atoms with Crippen LogP contribution >= 0.6 is 0 Å². The monoisotopic (exact) mass is 617 g/mol. The highest BCUT2D eigenvalue weighted by Crippen LogP contribution is 2.43. The molecule has 0 spiro atoms. The number of hydrogen-bond acceptors (Lipinski definition) is 6. The maximum absolute atomic E-state index is 13.7. The highest BCUT2D eigenvalue weighted by molar-refractivity contribution is 5.93. The summed E-state index contributed by atoms with van der Waals surface area (Å²) in [5.41, 5.74) is 1.66. The van der Waals surface area contributed by atoms with Crippen molar-refractivity contribution >= 4 is 17.6 Å². The lowest BCUT2D eigenvalue weighted by molar-refractivity contribution is -0.903. The summed E-state index contributed by atoms with van der Waals surface area (Å²) in [5.74, 6) is -0.756. The number of ether oxygens (including phenoxy) is 1. The molecule has 0 saturated heterocycles. The SMILES string of the molecule is COC(=O)C1=C(C)N(c2cccc(C(F)(F)F)c2)c2n[nH]c(=O)n2C1c1ccc(C#N)cc1CC[N+](C)(C)Cc1ccccc1. The Bertz CT molecular complexity index is 1870. The second-order valence-electron chi connectivity index (χ2n) is 11.6. The van der Waals surface area contributed by atoms with Gasteiger partial charge in [0.05, 0.1) is 50.5 Å². The molecule has 4 aromatic rings. The number of quaternary nitrogens is 1. The van der Waals surface area contributed by atoms with Crippen LogP contribution in [0.1, 0.15) is 40.8 Å². The molecule has 12 heteroatoms. The van der Waals surface area contributed by atoms with Crippen LogP contribution in [0, 0.1) is 11.3 Å². The third kappa shape index (κ3) is 6.25. The summed E-state index contributed by atoms with van der Waals surface area (Å²) in [4.78, 5) is 28.2. The molecule has 5 rings (SSSR count). The Morgan fingerprint density at radius 2 is 1.82 bits per heavy atom. The Kier molecular flexibility index (Phi) is 8.40. The number of anilines is 2. The third-order valence-electron chi connectivity index (χ3n) is 7.99. The predicted octanol–water partition coefficient (Wildman–Crippen LogP) is 5.47. The van der Waals surface area contributed by atoms with Gasteiger partial charge < -0.3 is 9.22 Å². The van der Waals surface area contributed by atoms with Gasteiger partial charge in [0.2, 0.25) is 5.95 Å². The van der Waals surface area contributed by atoms with Crippen molar-refractivity contribution in [2.75, 3.05) is 32.6 Å². The van der Waals surface area contributed by atoms with Gasteiger partial charge in [-0.25, -0.2) is 19.3 Å². The van der Waals surface area contributed by atoms with E-state index >= 15 is 0 Å². The number of alkyl halides is 3. The maximum atomic E-state index is 13.7. The van der Waals surface area contributed by atoms with Crippen molar-refractivity contribution in [2.24, 2.45) is 0 Å². The average Bonchev–Trinajstić information content (AvgIpc) is 3.39. The van der Waals surface area contributed by atoms with Crippen molar-refractivity contribution in [1.82, 2.24) is 14.8 Å². The minimum atomic E-state index is -4.62. The fourth-order valence-corrected chi connectivity index (χ4v) is 5.82. The van der Waals surface area contributed by atoms with Crippen molar-refractivity contribution in [3.05, 3.63) is 122 Å². The standard InChI is InChI=1S/C33H31F3N6O3/c1-21-28(30(43)45-4)29(41-31(38-39-32(41)44)40(21)26-12-8-11-25(18-26)33(34,35)36)27-14-13-23(19-37)17-24(27)15-16-42(2,3)20-22-9-6-5-7-10-22/h5-14,17-18,29H,15-16,20H2,1-4H3/p+1. The van der Waals surface area contributed by atoms with Gasteiger partial charge in [-0.2, -0.15) is 18.4 Å². The number of fused-ring (bicyclic) bond motifs is 1. The fourth-order valence-electron chi connectivity index (χ4n) is 5.82. The summed E-state index contributed by atoms with van der Waals surface area (Å²) in [7, 11) is 5.39. The predicted molar refractivity (Wildman–Crippen MR) is 161 cm³/mol.